The number of hydrogen-bond acceptors (Lipinski definition) is 3. The number of hydrogen-bond donors (Lipinski definition) is 0. The minimum Gasteiger partial charge on any atom is -0.456 e. The monoisotopic (exact) mass is 626 g/mol. The first-order chi connectivity index (χ1) is 24.2. The summed E-state index contributed by atoms with van der Waals surface area (Å²) in [5.74, 6) is 0.686. The lowest BCUT2D eigenvalue weighted by Gasteiger charge is -2.13. The van der Waals surface area contributed by atoms with Crippen molar-refractivity contribution in [2.45, 2.75) is 0 Å². The smallest absolute Gasteiger partial charge is 0.160 e. The molecule has 3 nitrogen and oxygen atoms in total. The van der Waals surface area contributed by atoms with Gasteiger partial charge in [0.2, 0.25) is 0 Å². The average Bonchev–Trinajstić information content (AvgIpc) is 3.57. The maximum absolute atomic E-state index is 6.29. The normalized spacial score (nSPS) is 11.3. The molecule has 0 saturated carbocycles. The molecule has 0 N–H and O–H groups in total. The Hall–Kier alpha value is -6.58. The van der Waals surface area contributed by atoms with Crippen LogP contribution in [0.3, 0.4) is 0 Å². The second kappa shape index (κ2) is 12.2. The van der Waals surface area contributed by atoms with Crippen molar-refractivity contribution in [2.24, 2.45) is 0 Å². The lowest BCUT2D eigenvalue weighted by molar-refractivity contribution is 0.669. The van der Waals surface area contributed by atoms with Crippen molar-refractivity contribution in [3.05, 3.63) is 182 Å². The van der Waals surface area contributed by atoms with E-state index in [0.29, 0.717) is 5.82 Å². The van der Waals surface area contributed by atoms with E-state index in [0.717, 1.165) is 77.8 Å². The molecule has 0 atom stereocenters. The molecule has 3 heteroatoms. The Bertz CT molecular complexity index is 2570. The highest BCUT2D eigenvalue weighted by molar-refractivity contribution is 6.06. The molecule has 0 spiro atoms. The topological polar surface area (TPSA) is 38.9 Å². The molecular formula is C46H30N2O. The van der Waals surface area contributed by atoms with Gasteiger partial charge in [-0.1, -0.05) is 140 Å². The second-order valence-electron chi connectivity index (χ2n) is 12.2. The zero-order valence-corrected chi connectivity index (χ0v) is 26.6. The molecule has 0 unspecified atom stereocenters. The maximum Gasteiger partial charge on any atom is 0.160 e. The molecule has 230 valence electrons. The third-order valence-corrected chi connectivity index (χ3v) is 9.09. The zero-order chi connectivity index (χ0) is 32.6. The average molecular weight is 627 g/mol. The van der Waals surface area contributed by atoms with Crippen molar-refractivity contribution in [1.82, 2.24) is 9.97 Å². The number of benzene rings is 7. The summed E-state index contributed by atoms with van der Waals surface area (Å²) in [4.78, 5) is 10.3. The van der Waals surface area contributed by atoms with E-state index in [9.17, 15) is 0 Å². The molecule has 0 fully saturated rings. The molecule has 0 aliphatic heterocycles. The highest BCUT2D eigenvalue weighted by Crippen LogP contribution is 2.37. The minimum absolute atomic E-state index is 0.686. The van der Waals surface area contributed by atoms with Gasteiger partial charge >= 0.3 is 0 Å². The van der Waals surface area contributed by atoms with E-state index >= 15 is 0 Å². The molecule has 0 aliphatic carbocycles. The zero-order valence-electron chi connectivity index (χ0n) is 26.6. The molecule has 9 rings (SSSR count). The van der Waals surface area contributed by atoms with E-state index in [1.54, 1.807) is 0 Å². The van der Waals surface area contributed by atoms with Crippen molar-refractivity contribution in [1.29, 1.82) is 0 Å². The Morgan fingerprint density at radius 3 is 1.45 bits per heavy atom. The molecule has 7 aromatic carbocycles. The summed E-state index contributed by atoms with van der Waals surface area (Å²) in [7, 11) is 0. The fourth-order valence-electron chi connectivity index (χ4n) is 6.57. The molecule has 0 saturated heterocycles. The molecule has 49 heavy (non-hydrogen) atoms. The Balaban J connectivity index is 1.21. The first-order valence-corrected chi connectivity index (χ1v) is 16.5. The van der Waals surface area contributed by atoms with Crippen LogP contribution in [0.4, 0.5) is 0 Å². The van der Waals surface area contributed by atoms with E-state index in [1.807, 2.05) is 36.4 Å². The lowest BCUT2D eigenvalue weighted by Crippen LogP contribution is -1.96. The van der Waals surface area contributed by atoms with Gasteiger partial charge in [-0.2, -0.15) is 0 Å². The van der Waals surface area contributed by atoms with Gasteiger partial charge in [0, 0.05) is 27.5 Å². The van der Waals surface area contributed by atoms with Crippen LogP contribution < -0.4 is 0 Å². The minimum atomic E-state index is 0.686. The Morgan fingerprint density at radius 2 is 0.755 bits per heavy atom. The Labute approximate surface area is 284 Å². The molecule has 2 aromatic heterocycles. The van der Waals surface area contributed by atoms with Crippen LogP contribution in [0.5, 0.6) is 0 Å². The van der Waals surface area contributed by atoms with Crippen LogP contribution in [-0.4, -0.2) is 9.97 Å². The van der Waals surface area contributed by atoms with Gasteiger partial charge in [-0.25, -0.2) is 9.97 Å². The predicted octanol–water partition coefficient (Wildman–Crippen LogP) is 12.4. The predicted molar refractivity (Wildman–Crippen MR) is 202 cm³/mol. The Kier molecular flexibility index (Phi) is 7.14. The molecular weight excluding hydrogens is 597 g/mol. The summed E-state index contributed by atoms with van der Waals surface area (Å²) in [6.45, 7) is 0. The number of para-hydroxylation sites is 1. The van der Waals surface area contributed by atoms with Gasteiger partial charge in [-0.05, 0) is 75.8 Å². The third-order valence-electron chi connectivity index (χ3n) is 9.09. The SMILES string of the molecule is c1ccc(-c2ccc(-c3nc(-c4ccccc4)cc(-c4cc(-c5ccccc5)cc(-c5ccc6c(c5)oc5ccccc56)c4)n3)cc2)cc1. The van der Waals surface area contributed by atoms with Gasteiger partial charge in [-0.15, -0.1) is 0 Å². The molecule has 2 heterocycles. The fourth-order valence-corrected chi connectivity index (χ4v) is 6.57. The van der Waals surface area contributed by atoms with E-state index in [2.05, 4.69) is 146 Å². The van der Waals surface area contributed by atoms with E-state index in [1.165, 1.54) is 5.56 Å². The van der Waals surface area contributed by atoms with Crippen LogP contribution in [-0.2, 0) is 0 Å². The summed E-state index contributed by atoms with van der Waals surface area (Å²) in [5.41, 5.74) is 13.3. The van der Waals surface area contributed by atoms with Gasteiger partial charge in [0.1, 0.15) is 11.2 Å². The first kappa shape index (κ1) is 28.6. The Morgan fingerprint density at radius 1 is 0.286 bits per heavy atom. The van der Waals surface area contributed by atoms with Crippen LogP contribution in [0, 0.1) is 0 Å². The van der Waals surface area contributed by atoms with Crippen LogP contribution in [0.15, 0.2) is 186 Å². The summed E-state index contributed by atoms with van der Waals surface area (Å²) in [6.07, 6.45) is 0. The number of rotatable bonds is 6. The van der Waals surface area contributed by atoms with Crippen LogP contribution in [0.1, 0.15) is 0 Å². The maximum atomic E-state index is 6.29. The van der Waals surface area contributed by atoms with Crippen molar-refractivity contribution in [2.75, 3.05) is 0 Å². The second-order valence-corrected chi connectivity index (χ2v) is 12.2. The fraction of sp³-hybridized carbons (Fsp3) is 0. The van der Waals surface area contributed by atoms with Crippen molar-refractivity contribution in [3.8, 4) is 67.3 Å². The highest BCUT2D eigenvalue weighted by Gasteiger charge is 2.15. The quantitative estimate of drug-likeness (QED) is 0.184. The number of aromatic nitrogens is 2. The van der Waals surface area contributed by atoms with Gasteiger partial charge < -0.3 is 4.42 Å². The summed E-state index contributed by atoms with van der Waals surface area (Å²) >= 11 is 0. The summed E-state index contributed by atoms with van der Waals surface area (Å²) in [5, 5.41) is 2.24. The molecule has 0 radical (unpaired) electrons. The van der Waals surface area contributed by atoms with Crippen LogP contribution >= 0.6 is 0 Å². The molecule has 0 aliphatic rings. The highest BCUT2D eigenvalue weighted by atomic mass is 16.3. The van der Waals surface area contributed by atoms with Crippen molar-refractivity contribution < 1.29 is 4.42 Å². The number of fused-ring (bicyclic) bond motifs is 3. The van der Waals surface area contributed by atoms with E-state index in [4.69, 9.17) is 14.4 Å². The number of nitrogens with zero attached hydrogens (tertiary/aromatic N) is 2. The molecule has 0 amide bonds. The van der Waals surface area contributed by atoms with Crippen LogP contribution in [0.2, 0.25) is 0 Å². The standard InChI is InChI=1S/C46H30N2O/c1-4-12-31(13-5-1)33-20-22-35(23-21-33)46-47-42(34-16-8-3-9-17-34)30-43(48-46)39-27-37(32-14-6-2-7-15-32)26-38(28-39)36-24-25-41-40-18-10-11-19-44(40)49-45(41)29-36/h1-30H. The molecule has 9 aromatic rings. The van der Waals surface area contributed by atoms with Crippen LogP contribution in [0.25, 0.3) is 89.2 Å². The summed E-state index contributed by atoms with van der Waals surface area (Å²) < 4.78 is 6.29. The van der Waals surface area contributed by atoms with Gasteiger partial charge in [0.15, 0.2) is 5.82 Å². The van der Waals surface area contributed by atoms with Gasteiger partial charge in [-0.3, -0.25) is 0 Å². The molecule has 0 bridgehead atoms. The largest absolute Gasteiger partial charge is 0.456 e. The van der Waals surface area contributed by atoms with E-state index in [-0.39, 0.29) is 0 Å². The van der Waals surface area contributed by atoms with Crippen molar-refractivity contribution >= 4 is 21.9 Å². The van der Waals surface area contributed by atoms with Gasteiger partial charge in [0.05, 0.1) is 11.4 Å². The number of furan rings is 1. The first-order valence-electron chi connectivity index (χ1n) is 16.5. The third kappa shape index (κ3) is 5.58. The van der Waals surface area contributed by atoms with E-state index < -0.39 is 0 Å². The summed E-state index contributed by atoms with van der Waals surface area (Å²) in [6, 6.07) is 63.3. The lowest BCUT2D eigenvalue weighted by atomic mass is 9.94. The van der Waals surface area contributed by atoms with Crippen molar-refractivity contribution in [3.63, 3.8) is 0 Å². The van der Waals surface area contributed by atoms with Gasteiger partial charge in [0.25, 0.3) is 0 Å².